The third kappa shape index (κ3) is 2.75. The topological polar surface area (TPSA) is 73.1 Å². The Morgan fingerprint density at radius 1 is 1.64 bits per heavy atom. The van der Waals surface area contributed by atoms with Crippen molar-refractivity contribution in [3.8, 4) is 6.07 Å². The number of benzene rings is 1. The van der Waals surface area contributed by atoms with Gasteiger partial charge in [0.15, 0.2) is 0 Å². The minimum absolute atomic E-state index is 0.203. The van der Waals surface area contributed by atoms with E-state index in [1.165, 1.54) is 0 Å². The molecule has 0 heterocycles. The van der Waals surface area contributed by atoms with Gasteiger partial charge < -0.3 is 10.4 Å². The molecule has 14 heavy (non-hydrogen) atoms. The van der Waals surface area contributed by atoms with Gasteiger partial charge in [0.2, 0.25) is 0 Å². The number of aliphatic carboxylic acids is 1. The van der Waals surface area contributed by atoms with E-state index in [2.05, 4.69) is 21.2 Å². The number of hydrogen-bond donors (Lipinski definition) is 2. The molecule has 0 saturated heterocycles. The van der Waals surface area contributed by atoms with Gasteiger partial charge in [-0.25, -0.2) is 0 Å². The number of carboxylic acids is 1. The van der Waals surface area contributed by atoms with Crippen LogP contribution in [0, 0.1) is 11.3 Å². The summed E-state index contributed by atoms with van der Waals surface area (Å²) in [7, 11) is 0. The fourth-order valence-electron chi connectivity index (χ4n) is 0.931. The largest absolute Gasteiger partial charge is 0.480 e. The number of carbonyl (C=O) groups is 1. The molecule has 0 aliphatic carbocycles. The SMILES string of the molecule is N#Cc1ccc(Br)cc1NCC(=O)O. The predicted octanol–water partition coefficient (Wildman–Crippen LogP) is 1.82. The summed E-state index contributed by atoms with van der Waals surface area (Å²) in [6.45, 7) is -0.203. The summed E-state index contributed by atoms with van der Waals surface area (Å²) in [6.07, 6.45) is 0. The number of nitriles is 1. The number of rotatable bonds is 3. The summed E-state index contributed by atoms with van der Waals surface area (Å²) >= 11 is 3.24. The van der Waals surface area contributed by atoms with Crippen LogP contribution in [0.4, 0.5) is 5.69 Å². The van der Waals surface area contributed by atoms with Crippen molar-refractivity contribution in [2.75, 3.05) is 11.9 Å². The molecule has 0 aliphatic heterocycles. The predicted molar refractivity (Wildman–Crippen MR) is 55.0 cm³/mol. The molecule has 0 unspecified atom stereocenters. The van der Waals surface area contributed by atoms with Crippen molar-refractivity contribution in [1.29, 1.82) is 5.26 Å². The smallest absolute Gasteiger partial charge is 0.322 e. The molecule has 4 nitrogen and oxygen atoms in total. The second-order valence-corrected chi connectivity index (χ2v) is 3.46. The molecule has 72 valence electrons. The maximum atomic E-state index is 10.3. The Hall–Kier alpha value is -1.54. The van der Waals surface area contributed by atoms with Crippen LogP contribution in [-0.4, -0.2) is 17.6 Å². The molecule has 0 amide bonds. The lowest BCUT2D eigenvalue weighted by Crippen LogP contribution is -2.13. The lowest BCUT2D eigenvalue weighted by molar-refractivity contribution is -0.134. The number of carboxylic acid groups (broad SMARTS) is 1. The fourth-order valence-corrected chi connectivity index (χ4v) is 1.29. The Balaban J connectivity index is 2.89. The average Bonchev–Trinajstić information content (AvgIpc) is 2.15. The van der Waals surface area contributed by atoms with Gasteiger partial charge in [0, 0.05) is 4.47 Å². The normalized spacial score (nSPS) is 9.14. The molecule has 0 aromatic heterocycles. The van der Waals surface area contributed by atoms with Crippen molar-refractivity contribution < 1.29 is 9.90 Å². The van der Waals surface area contributed by atoms with Crippen LogP contribution in [0.3, 0.4) is 0 Å². The van der Waals surface area contributed by atoms with Gasteiger partial charge in [0.1, 0.15) is 12.6 Å². The molecule has 1 rings (SSSR count). The Morgan fingerprint density at radius 2 is 2.36 bits per heavy atom. The summed E-state index contributed by atoms with van der Waals surface area (Å²) in [5.41, 5.74) is 0.943. The number of halogens is 1. The van der Waals surface area contributed by atoms with Crippen LogP contribution in [0.15, 0.2) is 22.7 Å². The highest BCUT2D eigenvalue weighted by molar-refractivity contribution is 9.10. The van der Waals surface area contributed by atoms with Crippen LogP contribution in [-0.2, 0) is 4.79 Å². The lowest BCUT2D eigenvalue weighted by Gasteiger charge is -2.05. The van der Waals surface area contributed by atoms with Crippen LogP contribution >= 0.6 is 15.9 Å². The molecular formula is C9H7BrN2O2. The first-order chi connectivity index (χ1) is 6.63. The van der Waals surface area contributed by atoms with E-state index < -0.39 is 5.97 Å². The van der Waals surface area contributed by atoms with Gasteiger partial charge >= 0.3 is 5.97 Å². The van der Waals surface area contributed by atoms with Crippen molar-refractivity contribution >= 4 is 27.6 Å². The van der Waals surface area contributed by atoms with Crippen molar-refractivity contribution in [2.24, 2.45) is 0 Å². The van der Waals surface area contributed by atoms with Gasteiger partial charge in [0.05, 0.1) is 11.3 Å². The van der Waals surface area contributed by atoms with E-state index in [0.29, 0.717) is 11.3 Å². The molecule has 0 radical (unpaired) electrons. The van der Waals surface area contributed by atoms with Gasteiger partial charge in [-0.2, -0.15) is 5.26 Å². The van der Waals surface area contributed by atoms with Gasteiger partial charge in [-0.3, -0.25) is 4.79 Å². The standard InChI is InChI=1S/C9H7BrN2O2/c10-7-2-1-6(4-11)8(3-7)12-5-9(13)14/h1-3,12H,5H2,(H,13,14). The van der Waals surface area contributed by atoms with Gasteiger partial charge in [-0.1, -0.05) is 15.9 Å². The lowest BCUT2D eigenvalue weighted by atomic mass is 10.2. The summed E-state index contributed by atoms with van der Waals surface area (Å²) in [5, 5.41) is 19.8. The molecule has 0 saturated carbocycles. The Morgan fingerprint density at radius 3 is 2.93 bits per heavy atom. The van der Waals surface area contributed by atoms with Crippen molar-refractivity contribution in [2.45, 2.75) is 0 Å². The van der Waals surface area contributed by atoms with E-state index in [1.807, 2.05) is 6.07 Å². The molecule has 0 fully saturated rings. The first-order valence-electron chi connectivity index (χ1n) is 3.79. The van der Waals surface area contributed by atoms with Crippen LogP contribution in [0.2, 0.25) is 0 Å². The molecule has 2 N–H and O–H groups in total. The minimum Gasteiger partial charge on any atom is -0.480 e. The third-order valence-corrected chi connectivity index (χ3v) is 2.03. The zero-order valence-electron chi connectivity index (χ0n) is 7.12. The molecule has 1 aromatic rings. The highest BCUT2D eigenvalue weighted by atomic mass is 79.9. The van der Waals surface area contributed by atoms with Crippen LogP contribution < -0.4 is 5.32 Å². The number of nitrogens with zero attached hydrogens (tertiary/aromatic N) is 1. The van der Waals surface area contributed by atoms with Crippen molar-refractivity contribution in [3.63, 3.8) is 0 Å². The molecule has 0 aliphatic rings. The van der Waals surface area contributed by atoms with E-state index in [1.54, 1.807) is 18.2 Å². The first kappa shape index (κ1) is 10.5. The molecular weight excluding hydrogens is 248 g/mol. The second-order valence-electron chi connectivity index (χ2n) is 2.55. The van der Waals surface area contributed by atoms with Crippen LogP contribution in [0.1, 0.15) is 5.56 Å². The van der Waals surface area contributed by atoms with Gasteiger partial charge in [-0.15, -0.1) is 0 Å². The zero-order valence-corrected chi connectivity index (χ0v) is 8.71. The highest BCUT2D eigenvalue weighted by Gasteiger charge is 2.03. The van der Waals surface area contributed by atoms with Crippen LogP contribution in [0.25, 0.3) is 0 Å². The maximum absolute atomic E-state index is 10.3. The molecule has 0 bridgehead atoms. The van der Waals surface area contributed by atoms with Crippen LogP contribution in [0.5, 0.6) is 0 Å². The second kappa shape index (κ2) is 4.63. The molecule has 1 aromatic carbocycles. The van der Waals surface area contributed by atoms with Crippen molar-refractivity contribution in [3.05, 3.63) is 28.2 Å². The van der Waals surface area contributed by atoms with E-state index in [9.17, 15) is 4.79 Å². The summed E-state index contributed by atoms with van der Waals surface area (Å²) < 4.78 is 0.796. The first-order valence-corrected chi connectivity index (χ1v) is 4.58. The molecule has 0 atom stereocenters. The van der Waals surface area contributed by atoms with Crippen molar-refractivity contribution in [1.82, 2.24) is 0 Å². The number of anilines is 1. The summed E-state index contributed by atoms with van der Waals surface area (Å²) in [6, 6.07) is 6.98. The van der Waals surface area contributed by atoms with E-state index in [0.717, 1.165) is 4.47 Å². The maximum Gasteiger partial charge on any atom is 0.322 e. The quantitative estimate of drug-likeness (QED) is 0.863. The fraction of sp³-hybridized carbons (Fsp3) is 0.111. The Bertz CT molecular complexity index is 398. The molecule has 0 spiro atoms. The van der Waals surface area contributed by atoms with E-state index in [-0.39, 0.29) is 6.54 Å². The van der Waals surface area contributed by atoms with Gasteiger partial charge in [-0.05, 0) is 18.2 Å². The average molecular weight is 255 g/mol. The summed E-state index contributed by atoms with van der Waals surface area (Å²) in [5.74, 6) is -0.964. The van der Waals surface area contributed by atoms with E-state index >= 15 is 0 Å². The van der Waals surface area contributed by atoms with Gasteiger partial charge in [0.25, 0.3) is 0 Å². The van der Waals surface area contributed by atoms with E-state index in [4.69, 9.17) is 10.4 Å². The highest BCUT2D eigenvalue weighted by Crippen LogP contribution is 2.20. The Kier molecular flexibility index (Phi) is 3.48. The summed E-state index contributed by atoms with van der Waals surface area (Å²) in [4.78, 5) is 10.3. The number of hydrogen-bond acceptors (Lipinski definition) is 3. The zero-order chi connectivity index (χ0) is 10.6. The molecule has 5 heteroatoms. The third-order valence-electron chi connectivity index (χ3n) is 1.53. The monoisotopic (exact) mass is 254 g/mol. The Labute approximate surface area is 89.3 Å². The number of nitrogens with one attached hydrogen (secondary N) is 1. The minimum atomic E-state index is -0.964.